The highest BCUT2D eigenvalue weighted by Crippen LogP contribution is 2.31. The second-order valence-corrected chi connectivity index (χ2v) is 5.57. The lowest BCUT2D eigenvalue weighted by Gasteiger charge is -2.20. The fourth-order valence-electron chi connectivity index (χ4n) is 2.37. The van der Waals surface area contributed by atoms with Gasteiger partial charge in [0.05, 0.1) is 23.8 Å². The second-order valence-electron chi connectivity index (χ2n) is 4.72. The Morgan fingerprint density at radius 1 is 1.48 bits per heavy atom. The van der Waals surface area contributed by atoms with Gasteiger partial charge < -0.3 is 10.1 Å². The van der Waals surface area contributed by atoms with Crippen LogP contribution in [0.1, 0.15) is 30.6 Å². The van der Waals surface area contributed by atoms with Gasteiger partial charge in [0.15, 0.2) is 5.75 Å². The highest BCUT2D eigenvalue weighted by atomic mass is 79.9. The Kier molecular flexibility index (Phi) is 5.36. The Morgan fingerprint density at radius 3 is 2.81 bits per heavy atom. The van der Waals surface area contributed by atoms with E-state index in [0.717, 1.165) is 24.2 Å². The first-order valence-corrected chi connectivity index (χ1v) is 7.63. The number of hydrogen-bond donors (Lipinski definition) is 1. The van der Waals surface area contributed by atoms with Crippen LogP contribution >= 0.6 is 15.9 Å². The molecule has 1 aromatic carbocycles. The smallest absolute Gasteiger partial charge is 0.161 e. The van der Waals surface area contributed by atoms with Crippen molar-refractivity contribution in [2.75, 3.05) is 14.2 Å². The molecule has 114 valence electrons. The number of nitrogens with zero attached hydrogens (tertiary/aromatic N) is 2. The molecule has 0 amide bonds. The van der Waals surface area contributed by atoms with Gasteiger partial charge in [-0.2, -0.15) is 5.10 Å². The van der Waals surface area contributed by atoms with E-state index in [-0.39, 0.29) is 11.9 Å². The van der Waals surface area contributed by atoms with E-state index in [1.807, 2.05) is 17.8 Å². The summed E-state index contributed by atoms with van der Waals surface area (Å²) in [6.45, 7) is 2.88. The Hall–Kier alpha value is -1.40. The molecule has 0 saturated carbocycles. The Bertz CT molecular complexity index is 615. The molecule has 0 saturated heterocycles. The van der Waals surface area contributed by atoms with Crippen LogP contribution in [-0.2, 0) is 6.54 Å². The van der Waals surface area contributed by atoms with Crippen LogP contribution in [0.4, 0.5) is 4.39 Å². The molecule has 1 unspecified atom stereocenters. The molecule has 2 aromatic rings. The van der Waals surface area contributed by atoms with E-state index in [2.05, 4.69) is 33.3 Å². The summed E-state index contributed by atoms with van der Waals surface area (Å²) < 4.78 is 21.6. The molecule has 1 N–H and O–H groups in total. The van der Waals surface area contributed by atoms with E-state index in [9.17, 15) is 4.39 Å². The van der Waals surface area contributed by atoms with Gasteiger partial charge >= 0.3 is 0 Å². The van der Waals surface area contributed by atoms with Gasteiger partial charge in [-0.1, -0.05) is 13.0 Å². The van der Waals surface area contributed by atoms with Gasteiger partial charge in [-0.3, -0.25) is 4.68 Å². The molecule has 2 rings (SSSR count). The van der Waals surface area contributed by atoms with Crippen molar-refractivity contribution in [1.29, 1.82) is 0 Å². The maximum atomic E-state index is 13.8. The predicted octanol–water partition coefficient (Wildman–Crippen LogP) is 3.51. The fraction of sp³-hybridized carbons (Fsp3) is 0.400. The number of benzene rings is 1. The summed E-state index contributed by atoms with van der Waals surface area (Å²) in [4.78, 5) is 0. The van der Waals surface area contributed by atoms with Crippen molar-refractivity contribution in [1.82, 2.24) is 15.1 Å². The minimum absolute atomic E-state index is 0.184. The van der Waals surface area contributed by atoms with Crippen LogP contribution < -0.4 is 10.1 Å². The van der Waals surface area contributed by atoms with E-state index < -0.39 is 0 Å². The predicted molar refractivity (Wildman–Crippen MR) is 84.1 cm³/mol. The highest BCUT2D eigenvalue weighted by Gasteiger charge is 2.22. The normalized spacial score (nSPS) is 12.4. The topological polar surface area (TPSA) is 39.1 Å². The molecule has 0 aliphatic heterocycles. The molecule has 4 nitrogen and oxygen atoms in total. The van der Waals surface area contributed by atoms with Crippen molar-refractivity contribution in [2.24, 2.45) is 0 Å². The van der Waals surface area contributed by atoms with Crippen molar-refractivity contribution < 1.29 is 9.13 Å². The zero-order chi connectivity index (χ0) is 15.4. The van der Waals surface area contributed by atoms with Gasteiger partial charge in [-0.15, -0.1) is 0 Å². The van der Waals surface area contributed by atoms with Gasteiger partial charge in [0.2, 0.25) is 0 Å². The molecule has 0 fully saturated rings. The zero-order valence-electron chi connectivity index (χ0n) is 12.4. The van der Waals surface area contributed by atoms with E-state index in [4.69, 9.17) is 4.74 Å². The number of ether oxygens (including phenoxy) is 1. The van der Waals surface area contributed by atoms with Crippen LogP contribution in [0.3, 0.4) is 0 Å². The van der Waals surface area contributed by atoms with Crippen molar-refractivity contribution in [3.8, 4) is 5.75 Å². The lowest BCUT2D eigenvalue weighted by molar-refractivity contribution is 0.400. The second kappa shape index (κ2) is 7.04. The highest BCUT2D eigenvalue weighted by molar-refractivity contribution is 9.10. The van der Waals surface area contributed by atoms with Gasteiger partial charge in [0.25, 0.3) is 0 Å². The number of nitrogens with one attached hydrogen (secondary N) is 1. The van der Waals surface area contributed by atoms with Crippen LogP contribution in [0.15, 0.2) is 28.9 Å². The average Bonchev–Trinajstić information content (AvgIpc) is 2.87. The molecule has 21 heavy (non-hydrogen) atoms. The first-order valence-electron chi connectivity index (χ1n) is 6.84. The number of halogens is 2. The van der Waals surface area contributed by atoms with E-state index in [0.29, 0.717) is 10.2 Å². The summed E-state index contributed by atoms with van der Waals surface area (Å²) in [6.07, 6.45) is 2.66. The summed E-state index contributed by atoms with van der Waals surface area (Å²) >= 11 is 3.18. The Balaban J connectivity index is 2.49. The van der Waals surface area contributed by atoms with E-state index in [1.165, 1.54) is 6.07 Å². The number of aromatic nitrogens is 2. The molecule has 0 spiro atoms. The van der Waals surface area contributed by atoms with Crippen molar-refractivity contribution in [3.05, 3.63) is 45.9 Å². The summed E-state index contributed by atoms with van der Waals surface area (Å²) in [5.74, 6) is 0.416. The largest absolute Gasteiger partial charge is 0.493 e. The van der Waals surface area contributed by atoms with Crippen LogP contribution in [0.2, 0.25) is 0 Å². The maximum Gasteiger partial charge on any atom is 0.161 e. The van der Waals surface area contributed by atoms with Gasteiger partial charge in [-0.05, 0) is 47.1 Å². The maximum absolute atomic E-state index is 13.8. The molecule has 1 heterocycles. The van der Waals surface area contributed by atoms with E-state index >= 15 is 0 Å². The monoisotopic (exact) mass is 355 g/mol. The fourth-order valence-corrected chi connectivity index (χ4v) is 2.62. The number of rotatable bonds is 6. The minimum Gasteiger partial charge on any atom is -0.493 e. The molecular weight excluding hydrogens is 337 g/mol. The molecule has 0 aliphatic rings. The van der Waals surface area contributed by atoms with Crippen LogP contribution in [0.25, 0.3) is 0 Å². The van der Waals surface area contributed by atoms with Gasteiger partial charge in [0, 0.05) is 6.54 Å². The summed E-state index contributed by atoms with van der Waals surface area (Å²) in [5, 5.41) is 7.58. The molecule has 0 aliphatic carbocycles. The molecule has 6 heteroatoms. The molecular formula is C15H19BrFN3O. The van der Waals surface area contributed by atoms with Gasteiger partial charge in [-0.25, -0.2) is 4.39 Å². The first-order chi connectivity index (χ1) is 10.1. The zero-order valence-corrected chi connectivity index (χ0v) is 13.9. The first kappa shape index (κ1) is 16.0. The van der Waals surface area contributed by atoms with Crippen molar-refractivity contribution >= 4 is 15.9 Å². The van der Waals surface area contributed by atoms with Crippen LogP contribution in [0, 0.1) is 5.82 Å². The number of methoxy groups -OCH3 is 1. The third-order valence-corrected chi connectivity index (χ3v) is 3.98. The molecule has 0 bridgehead atoms. The quantitative estimate of drug-likeness (QED) is 0.861. The number of aryl methyl sites for hydroxylation is 1. The molecule has 0 radical (unpaired) electrons. The van der Waals surface area contributed by atoms with E-state index in [1.54, 1.807) is 19.4 Å². The average molecular weight is 356 g/mol. The Morgan fingerprint density at radius 2 is 2.24 bits per heavy atom. The third-order valence-electron chi connectivity index (χ3n) is 3.34. The lowest BCUT2D eigenvalue weighted by atomic mass is 10.0. The summed E-state index contributed by atoms with van der Waals surface area (Å²) in [7, 11) is 3.46. The molecule has 1 aromatic heterocycles. The van der Waals surface area contributed by atoms with Crippen molar-refractivity contribution in [2.45, 2.75) is 25.9 Å². The SMILES string of the molecule is CCCn1ncc(OC)c1C(NC)c1ccc(Br)c(F)c1. The lowest BCUT2D eigenvalue weighted by Crippen LogP contribution is -2.22. The van der Waals surface area contributed by atoms with Crippen LogP contribution in [0.5, 0.6) is 5.75 Å². The summed E-state index contributed by atoms with van der Waals surface area (Å²) in [5.41, 5.74) is 1.73. The standard InChI is InChI=1S/C15H19BrFN3O/c1-4-7-20-15(13(21-3)9-19-20)14(18-2)10-5-6-11(16)12(17)8-10/h5-6,8-9,14,18H,4,7H2,1-3H3. The van der Waals surface area contributed by atoms with Crippen molar-refractivity contribution in [3.63, 3.8) is 0 Å². The number of hydrogen-bond acceptors (Lipinski definition) is 3. The van der Waals surface area contributed by atoms with Gasteiger partial charge in [0.1, 0.15) is 11.5 Å². The minimum atomic E-state index is -0.284. The van der Waals surface area contributed by atoms with Crippen LogP contribution in [-0.4, -0.2) is 23.9 Å². The molecule has 1 atom stereocenters. The third kappa shape index (κ3) is 3.27. The summed E-state index contributed by atoms with van der Waals surface area (Å²) in [6, 6.07) is 4.93. The Labute approximate surface area is 132 Å².